The molecule has 3 heterocycles. The van der Waals surface area contributed by atoms with E-state index < -0.39 is 6.17 Å². The molecule has 3 aromatic rings. The molecule has 0 saturated carbocycles. The Morgan fingerprint density at radius 2 is 2.14 bits per heavy atom. The van der Waals surface area contributed by atoms with E-state index in [4.69, 9.17) is 9.15 Å². The van der Waals surface area contributed by atoms with Crippen molar-refractivity contribution >= 4 is 17.6 Å². The van der Waals surface area contributed by atoms with Crippen molar-refractivity contribution in [1.29, 1.82) is 0 Å². The molecule has 0 saturated heterocycles. The fourth-order valence-corrected chi connectivity index (χ4v) is 3.22. The Hall–Kier alpha value is -3.61. The summed E-state index contributed by atoms with van der Waals surface area (Å²) in [5.41, 5.74) is 2.31. The largest absolute Gasteiger partial charge is 0.467 e. The van der Waals surface area contributed by atoms with Crippen LogP contribution in [0.5, 0.6) is 0 Å². The van der Waals surface area contributed by atoms with Gasteiger partial charge in [0.2, 0.25) is 0 Å². The molecule has 7 heteroatoms. The Bertz CT molecular complexity index is 1000. The number of furan rings is 1. The van der Waals surface area contributed by atoms with E-state index in [1.165, 1.54) is 0 Å². The second kappa shape index (κ2) is 7.56. The van der Waals surface area contributed by atoms with Crippen LogP contribution in [0, 0.1) is 0 Å². The molecular formula is C21H19N3O4. The van der Waals surface area contributed by atoms with Crippen molar-refractivity contribution in [3.63, 3.8) is 0 Å². The van der Waals surface area contributed by atoms with Crippen LogP contribution in [0.15, 0.2) is 65.4 Å². The number of carbonyl (C=O) groups excluding carboxylic acids is 2. The summed E-state index contributed by atoms with van der Waals surface area (Å²) in [6.07, 6.45) is 2.75. The van der Waals surface area contributed by atoms with Gasteiger partial charge in [0.05, 0.1) is 36.2 Å². The van der Waals surface area contributed by atoms with Crippen LogP contribution in [0.1, 0.15) is 45.3 Å². The monoisotopic (exact) mass is 377 g/mol. The van der Waals surface area contributed by atoms with Gasteiger partial charge in [0.1, 0.15) is 11.9 Å². The zero-order valence-corrected chi connectivity index (χ0v) is 15.3. The van der Waals surface area contributed by atoms with E-state index >= 15 is 0 Å². The molecule has 1 unspecified atom stereocenters. The number of ether oxygens (including phenoxy) is 1. The van der Waals surface area contributed by atoms with Crippen LogP contribution in [0.25, 0.3) is 0 Å². The Morgan fingerprint density at radius 3 is 2.93 bits per heavy atom. The first kappa shape index (κ1) is 17.8. The number of pyridine rings is 1. The first-order valence-electron chi connectivity index (χ1n) is 8.99. The highest BCUT2D eigenvalue weighted by molar-refractivity contribution is 5.99. The van der Waals surface area contributed by atoms with Crippen LogP contribution in [0.3, 0.4) is 0 Å². The molecule has 0 fully saturated rings. The van der Waals surface area contributed by atoms with Gasteiger partial charge in [-0.2, -0.15) is 0 Å². The van der Waals surface area contributed by atoms with E-state index in [2.05, 4.69) is 10.3 Å². The van der Waals surface area contributed by atoms with Gasteiger partial charge in [0, 0.05) is 11.9 Å². The fourth-order valence-electron chi connectivity index (χ4n) is 3.22. The third-order valence-electron chi connectivity index (χ3n) is 4.48. The lowest BCUT2D eigenvalue weighted by atomic mass is 10.2. The predicted octanol–water partition coefficient (Wildman–Crippen LogP) is 3.62. The number of hydrogen-bond donors (Lipinski definition) is 1. The van der Waals surface area contributed by atoms with Gasteiger partial charge in [-0.1, -0.05) is 6.07 Å². The SMILES string of the molecule is CCOC(=O)c1cccc(NC2c3ncccc3C(=O)N2Cc2ccco2)c1. The van der Waals surface area contributed by atoms with Crippen LogP contribution in [-0.2, 0) is 11.3 Å². The van der Waals surface area contributed by atoms with E-state index in [0.29, 0.717) is 41.4 Å². The summed E-state index contributed by atoms with van der Waals surface area (Å²) >= 11 is 0. The number of benzene rings is 1. The Kier molecular flexibility index (Phi) is 4.80. The topological polar surface area (TPSA) is 84.7 Å². The molecule has 142 valence electrons. The molecule has 4 rings (SSSR count). The van der Waals surface area contributed by atoms with Crippen molar-refractivity contribution in [1.82, 2.24) is 9.88 Å². The average molecular weight is 377 g/mol. The van der Waals surface area contributed by atoms with Gasteiger partial charge in [-0.25, -0.2) is 4.79 Å². The van der Waals surface area contributed by atoms with E-state index in [1.54, 1.807) is 60.7 Å². The summed E-state index contributed by atoms with van der Waals surface area (Å²) in [5.74, 6) is 0.159. The van der Waals surface area contributed by atoms with Gasteiger partial charge in [-0.3, -0.25) is 9.78 Å². The molecule has 0 radical (unpaired) electrons. The number of esters is 1. The third-order valence-corrected chi connectivity index (χ3v) is 4.48. The smallest absolute Gasteiger partial charge is 0.338 e. The summed E-state index contributed by atoms with van der Waals surface area (Å²) < 4.78 is 10.5. The molecule has 0 spiro atoms. The van der Waals surface area contributed by atoms with Crippen LogP contribution in [-0.4, -0.2) is 28.4 Å². The number of nitrogens with zero attached hydrogens (tertiary/aromatic N) is 2. The number of rotatable bonds is 6. The summed E-state index contributed by atoms with van der Waals surface area (Å²) in [4.78, 5) is 31.0. The number of fused-ring (bicyclic) bond motifs is 1. The first-order chi connectivity index (χ1) is 13.7. The second-order valence-electron chi connectivity index (χ2n) is 6.30. The Morgan fingerprint density at radius 1 is 1.25 bits per heavy atom. The molecular weight excluding hydrogens is 358 g/mol. The van der Waals surface area contributed by atoms with E-state index in [9.17, 15) is 9.59 Å². The van der Waals surface area contributed by atoms with Gasteiger partial charge in [-0.05, 0) is 49.4 Å². The maximum absolute atomic E-state index is 12.9. The molecule has 28 heavy (non-hydrogen) atoms. The number of amides is 1. The standard InChI is InChI=1S/C21H19N3O4/c1-2-27-21(26)14-6-3-7-15(12-14)23-19-18-17(9-4-10-22-18)20(25)24(19)13-16-8-5-11-28-16/h3-12,19,23H,2,13H2,1H3. The summed E-state index contributed by atoms with van der Waals surface area (Å²) in [7, 11) is 0. The van der Waals surface area contributed by atoms with Crippen molar-refractivity contribution in [3.8, 4) is 0 Å². The van der Waals surface area contributed by atoms with Crippen LogP contribution in [0.2, 0.25) is 0 Å². The lowest BCUT2D eigenvalue weighted by Gasteiger charge is -2.25. The maximum atomic E-state index is 12.9. The minimum Gasteiger partial charge on any atom is -0.467 e. The van der Waals surface area contributed by atoms with Crippen LogP contribution < -0.4 is 5.32 Å². The molecule has 2 aromatic heterocycles. The molecule has 1 amide bonds. The zero-order chi connectivity index (χ0) is 19.5. The highest BCUT2D eigenvalue weighted by Crippen LogP contribution is 2.34. The van der Waals surface area contributed by atoms with Crippen molar-refractivity contribution < 1.29 is 18.7 Å². The third kappa shape index (κ3) is 3.34. The molecule has 1 aromatic carbocycles. The Labute approximate surface area is 161 Å². The molecule has 1 N–H and O–H groups in total. The first-order valence-corrected chi connectivity index (χ1v) is 8.99. The molecule has 0 aliphatic carbocycles. The van der Waals surface area contributed by atoms with Gasteiger partial charge in [0.15, 0.2) is 0 Å². The minimum absolute atomic E-state index is 0.126. The normalized spacial score (nSPS) is 15.4. The van der Waals surface area contributed by atoms with E-state index in [0.717, 1.165) is 0 Å². The maximum Gasteiger partial charge on any atom is 0.338 e. The average Bonchev–Trinajstić information content (AvgIpc) is 3.32. The number of nitrogens with one attached hydrogen (secondary N) is 1. The quantitative estimate of drug-likeness (QED) is 0.661. The number of carbonyl (C=O) groups is 2. The van der Waals surface area contributed by atoms with Crippen molar-refractivity contribution in [2.75, 3.05) is 11.9 Å². The van der Waals surface area contributed by atoms with Crippen molar-refractivity contribution in [2.24, 2.45) is 0 Å². The second-order valence-corrected chi connectivity index (χ2v) is 6.30. The van der Waals surface area contributed by atoms with E-state index in [1.807, 2.05) is 12.1 Å². The number of aromatic nitrogens is 1. The van der Waals surface area contributed by atoms with Gasteiger partial charge >= 0.3 is 5.97 Å². The van der Waals surface area contributed by atoms with Crippen molar-refractivity contribution in [2.45, 2.75) is 19.6 Å². The molecule has 7 nitrogen and oxygen atoms in total. The highest BCUT2D eigenvalue weighted by Gasteiger charge is 2.38. The van der Waals surface area contributed by atoms with Gasteiger partial charge < -0.3 is 19.4 Å². The molecule has 0 bridgehead atoms. The van der Waals surface area contributed by atoms with Crippen molar-refractivity contribution in [3.05, 3.63) is 83.6 Å². The number of anilines is 1. The predicted molar refractivity (Wildman–Crippen MR) is 102 cm³/mol. The van der Waals surface area contributed by atoms with Gasteiger partial charge in [-0.15, -0.1) is 0 Å². The lowest BCUT2D eigenvalue weighted by Crippen LogP contribution is -2.32. The van der Waals surface area contributed by atoms with Gasteiger partial charge in [0.25, 0.3) is 5.91 Å². The van der Waals surface area contributed by atoms with E-state index in [-0.39, 0.29) is 11.9 Å². The summed E-state index contributed by atoms with van der Waals surface area (Å²) in [5, 5.41) is 3.32. The molecule has 1 aliphatic heterocycles. The fraction of sp³-hybridized carbons (Fsp3) is 0.190. The minimum atomic E-state index is -0.480. The molecule has 1 aliphatic rings. The summed E-state index contributed by atoms with van der Waals surface area (Å²) in [6.45, 7) is 2.37. The molecule has 1 atom stereocenters. The van der Waals surface area contributed by atoms with Crippen LogP contribution in [0.4, 0.5) is 5.69 Å². The Balaban J connectivity index is 1.65. The lowest BCUT2D eigenvalue weighted by molar-refractivity contribution is 0.0526. The number of hydrogen-bond acceptors (Lipinski definition) is 6. The zero-order valence-electron chi connectivity index (χ0n) is 15.3. The van der Waals surface area contributed by atoms with Crippen LogP contribution >= 0.6 is 0 Å². The summed E-state index contributed by atoms with van der Waals surface area (Å²) in [6, 6.07) is 14.1. The highest BCUT2D eigenvalue weighted by atomic mass is 16.5.